The van der Waals surface area contributed by atoms with E-state index in [4.69, 9.17) is 10.00 Å². The van der Waals surface area contributed by atoms with Gasteiger partial charge in [-0.05, 0) is 25.0 Å². The minimum atomic E-state index is -3.18. The van der Waals surface area contributed by atoms with E-state index in [0.29, 0.717) is 18.6 Å². The van der Waals surface area contributed by atoms with Crippen LogP contribution in [0.3, 0.4) is 0 Å². The number of nitrogens with zero attached hydrogens (tertiary/aromatic N) is 3. The summed E-state index contributed by atoms with van der Waals surface area (Å²) in [5.41, 5.74) is 0.0339. The first kappa shape index (κ1) is 18.5. The Bertz CT molecular complexity index is 906. The van der Waals surface area contributed by atoms with Crippen molar-refractivity contribution in [1.82, 2.24) is 15.3 Å². The Labute approximate surface area is 154 Å². The van der Waals surface area contributed by atoms with E-state index in [1.165, 1.54) is 0 Å². The zero-order valence-corrected chi connectivity index (χ0v) is 14.3. The first-order valence-corrected chi connectivity index (χ1v) is 8.26. The Kier molecular flexibility index (Phi) is 5.12. The minimum Gasteiger partial charge on any atom is -0.438 e. The van der Waals surface area contributed by atoms with Crippen molar-refractivity contribution in [3.05, 3.63) is 60.1 Å². The number of aromatic nitrogens is 2. The molecule has 0 spiro atoms. The predicted octanol–water partition coefficient (Wildman–Crippen LogP) is 3.58. The molecule has 1 aliphatic rings. The molecule has 3 rings (SSSR count). The van der Waals surface area contributed by atoms with E-state index in [1.807, 2.05) is 0 Å². The van der Waals surface area contributed by atoms with Gasteiger partial charge in [-0.3, -0.25) is 4.79 Å². The van der Waals surface area contributed by atoms with Gasteiger partial charge in [0, 0.05) is 17.7 Å². The lowest BCUT2D eigenvalue weighted by Gasteiger charge is -2.16. The zero-order chi connectivity index (χ0) is 19.4. The average Bonchev–Trinajstić information content (AvgIpc) is 3.52. The maximum Gasteiger partial charge on any atom is 0.309 e. The number of nitrogens with one attached hydrogen (secondary N) is 1. The molecule has 0 unspecified atom stereocenters. The summed E-state index contributed by atoms with van der Waals surface area (Å²) >= 11 is 0. The van der Waals surface area contributed by atoms with Gasteiger partial charge in [0.05, 0.1) is 12.6 Å². The van der Waals surface area contributed by atoms with Crippen molar-refractivity contribution in [3.63, 3.8) is 0 Å². The van der Waals surface area contributed by atoms with E-state index in [2.05, 4.69) is 21.9 Å². The summed E-state index contributed by atoms with van der Waals surface area (Å²) in [4.78, 5) is 19.9. The summed E-state index contributed by atoms with van der Waals surface area (Å²) in [6, 6.07) is 10.2. The second-order valence-corrected chi connectivity index (χ2v) is 6.12. The Hall–Kier alpha value is -3.34. The molecule has 6 nitrogen and oxygen atoms in total. The van der Waals surface area contributed by atoms with Crippen molar-refractivity contribution in [2.75, 3.05) is 6.54 Å². The molecule has 1 heterocycles. The number of nitriles is 1. The molecule has 0 aliphatic heterocycles. The summed E-state index contributed by atoms with van der Waals surface area (Å²) in [5, 5.41) is 11.2. The van der Waals surface area contributed by atoms with Gasteiger partial charge in [0.15, 0.2) is 0 Å². The quantitative estimate of drug-likeness (QED) is 0.753. The summed E-state index contributed by atoms with van der Waals surface area (Å²) in [5.74, 6) is -5.23. The Balaban J connectivity index is 1.92. The number of amides is 1. The molecule has 1 aliphatic carbocycles. The van der Waals surface area contributed by atoms with Gasteiger partial charge in [-0.2, -0.15) is 19.0 Å². The molecule has 1 N–H and O–H groups in total. The molecule has 1 aromatic heterocycles. The van der Waals surface area contributed by atoms with Gasteiger partial charge in [-0.25, -0.2) is 4.98 Å². The van der Waals surface area contributed by atoms with Gasteiger partial charge in [0.25, 0.3) is 5.91 Å². The van der Waals surface area contributed by atoms with Gasteiger partial charge >= 0.3 is 5.92 Å². The topological polar surface area (TPSA) is 87.9 Å². The van der Waals surface area contributed by atoms with Crippen molar-refractivity contribution in [3.8, 4) is 17.7 Å². The lowest BCUT2D eigenvalue weighted by atomic mass is 10.2. The molecule has 0 bridgehead atoms. The number of para-hydroxylation sites is 1. The highest BCUT2D eigenvalue weighted by atomic mass is 19.3. The molecule has 8 heteroatoms. The van der Waals surface area contributed by atoms with E-state index >= 15 is 0 Å². The molecule has 1 saturated carbocycles. The van der Waals surface area contributed by atoms with Gasteiger partial charge in [0.1, 0.15) is 11.3 Å². The molecule has 1 amide bonds. The van der Waals surface area contributed by atoms with E-state index in [0.717, 1.165) is 6.20 Å². The fourth-order valence-electron chi connectivity index (χ4n) is 2.31. The Morgan fingerprint density at radius 3 is 2.70 bits per heavy atom. The second kappa shape index (κ2) is 7.50. The molecule has 1 aromatic carbocycles. The van der Waals surface area contributed by atoms with E-state index in [-0.39, 0.29) is 23.6 Å². The van der Waals surface area contributed by atoms with E-state index in [1.54, 1.807) is 36.4 Å². The van der Waals surface area contributed by atoms with Crippen molar-refractivity contribution < 1.29 is 18.3 Å². The monoisotopic (exact) mass is 370 g/mol. The molecule has 27 heavy (non-hydrogen) atoms. The SMILES string of the molecule is C=C(C#N)CNC(=O)c1cnc(C(F)(F)C2CC2)nc1Oc1ccccc1. The number of alkyl halides is 2. The standard InChI is InChI=1S/C19H16F2N4O2/c1-12(9-22)10-23-16(26)15-11-24-18(19(20,21)13-7-8-13)25-17(15)27-14-5-3-2-4-6-14/h2-6,11,13H,1,7-8,10H2,(H,23,26). The normalized spacial score (nSPS) is 13.5. The van der Waals surface area contributed by atoms with Crippen LogP contribution in [0.15, 0.2) is 48.7 Å². The lowest BCUT2D eigenvalue weighted by Crippen LogP contribution is -2.27. The molecular weight excluding hydrogens is 354 g/mol. The number of carbonyl (C=O) groups excluding carboxylic acids is 1. The number of carbonyl (C=O) groups is 1. The molecular formula is C19H16F2N4O2. The third kappa shape index (κ3) is 4.26. The molecule has 0 atom stereocenters. The molecule has 0 saturated heterocycles. The summed E-state index contributed by atoms with van der Waals surface area (Å²) < 4.78 is 34.3. The Morgan fingerprint density at radius 2 is 2.07 bits per heavy atom. The van der Waals surface area contributed by atoms with E-state index in [9.17, 15) is 13.6 Å². The van der Waals surface area contributed by atoms with Crippen LogP contribution in [0.4, 0.5) is 8.78 Å². The van der Waals surface area contributed by atoms with Crippen LogP contribution < -0.4 is 10.1 Å². The molecule has 138 valence electrons. The molecule has 1 fully saturated rings. The fraction of sp³-hybridized carbons (Fsp3) is 0.263. The van der Waals surface area contributed by atoms with Gasteiger partial charge in [0.2, 0.25) is 11.7 Å². The smallest absolute Gasteiger partial charge is 0.309 e. The first-order valence-electron chi connectivity index (χ1n) is 8.26. The van der Waals surface area contributed by atoms with Crippen molar-refractivity contribution in [1.29, 1.82) is 5.26 Å². The number of benzene rings is 1. The highest BCUT2D eigenvalue weighted by molar-refractivity contribution is 5.96. The fourth-order valence-corrected chi connectivity index (χ4v) is 2.31. The van der Waals surface area contributed by atoms with Crippen molar-refractivity contribution in [2.24, 2.45) is 5.92 Å². The molecule has 0 radical (unpaired) electrons. The van der Waals surface area contributed by atoms with Crippen LogP contribution in [0.25, 0.3) is 0 Å². The average molecular weight is 370 g/mol. The van der Waals surface area contributed by atoms with Crippen LogP contribution in [0, 0.1) is 17.2 Å². The number of hydrogen-bond acceptors (Lipinski definition) is 5. The highest BCUT2D eigenvalue weighted by Gasteiger charge is 2.50. The van der Waals surface area contributed by atoms with Crippen LogP contribution in [0.5, 0.6) is 11.6 Å². The number of ether oxygens (including phenoxy) is 1. The third-order valence-corrected chi connectivity index (χ3v) is 3.96. The zero-order valence-electron chi connectivity index (χ0n) is 14.3. The number of halogens is 2. The maximum atomic E-state index is 14.4. The van der Waals surface area contributed by atoms with Gasteiger partial charge in [-0.1, -0.05) is 24.8 Å². The van der Waals surface area contributed by atoms with Gasteiger partial charge in [-0.15, -0.1) is 0 Å². The van der Waals surface area contributed by atoms with Crippen LogP contribution in [0.1, 0.15) is 29.0 Å². The summed E-state index contributed by atoms with van der Waals surface area (Å²) in [6.07, 6.45) is 1.83. The maximum absolute atomic E-state index is 14.4. The number of rotatable bonds is 7. The van der Waals surface area contributed by atoms with Crippen LogP contribution in [-0.4, -0.2) is 22.4 Å². The van der Waals surface area contributed by atoms with Gasteiger partial charge < -0.3 is 10.1 Å². The largest absolute Gasteiger partial charge is 0.438 e. The van der Waals surface area contributed by atoms with Crippen LogP contribution in [-0.2, 0) is 5.92 Å². The van der Waals surface area contributed by atoms with E-state index < -0.39 is 23.6 Å². The third-order valence-electron chi connectivity index (χ3n) is 3.96. The number of hydrogen-bond donors (Lipinski definition) is 1. The summed E-state index contributed by atoms with van der Waals surface area (Å²) in [6.45, 7) is 3.38. The Morgan fingerprint density at radius 1 is 1.37 bits per heavy atom. The lowest BCUT2D eigenvalue weighted by molar-refractivity contribution is -0.0379. The first-order chi connectivity index (χ1) is 12.9. The van der Waals surface area contributed by atoms with Crippen molar-refractivity contribution in [2.45, 2.75) is 18.8 Å². The minimum absolute atomic E-state index is 0.0832. The van der Waals surface area contributed by atoms with Crippen molar-refractivity contribution >= 4 is 5.91 Å². The molecule has 2 aromatic rings. The van der Waals surface area contributed by atoms with Crippen LogP contribution >= 0.6 is 0 Å². The summed E-state index contributed by atoms with van der Waals surface area (Å²) in [7, 11) is 0. The van der Waals surface area contributed by atoms with Crippen LogP contribution in [0.2, 0.25) is 0 Å². The highest BCUT2D eigenvalue weighted by Crippen LogP contribution is 2.48. The second-order valence-electron chi connectivity index (χ2n) is 6.12. The predicted molar refractivity (Wildman–Crippen MR) is 92.3 cm³/mol.